The lowest BCUT2D eigenvalue weighted by molar-refractivity contribution is -0.119. The first kappa shape index (κ1) is 11.6. The van der Waals surface area contributed by atoms with Gasteiger partial charge in [-0.3, -0.25) is 9.59 Å². The van der Waals surface area contributed by atoms with Gasteiger partial charge in [-0.2, -0.15) is 0 Å². The molecule has 0 aliphatic carbocycles. The van der Waals surface area contributed by atoms with E-state index in [0.717, 1.165) is 18.3 Å². The van der Waals surface area contributed by atoms with Crippen molar-refractivity contribution >= 4 is 12.1 Å². The molecule has 2 nitrogen and oxygen atoms in total. The molecule has 0 unspecified atom stereocenters. The summed E-state index contributed by atoms with van der Waals surface area (Å²) in [5.74, 6) is 0.276. The molecule has 0 bridgehead atoms. The number of aldehydes is 1. The van der Waals surface area contributed by atoms with Crippen LogP contribution >= 0.6 is 0 Å². The predicted molar refractivity (Wildman–Crippen MR) is 60.1 cm³/mol. The van der Waals surface area contributed by atoms with Gasteiger partial charge in [0.25, 0.3) is 0 Å². The molecule has 0 N–H and O–H groups in total. The maximum atomic E-state index is 11.3. The van der Waals surface area contributed by atoms with Gasteiger partial charge in [-0.25, -0.2) is 0 Å². The molecule has 0 spiro atoms. The molecule has 1 aromatic carbocycles. The molecule has 2 heteroatoms. The number of hydrogen-bond acceptors (Lipinski definition) is 2. The molecule has 0 aromatic heterocycles. The van der Waals surface area contributed by atoms with Gasteiger partial charge in [-0.05, 0) is 18.4 Å². The molecule has 1 aromatic rings. The average molecular weight is 204 g/mol. The second kappa shape index (κ2) is 6.12. The smallest absolute Gasteiger partial charge is 0.150 e. The normalized spacial score (nSPS) is 9.93. The quantitative estimate of drug-likeness (QED) is 0.668. The van der Waals surface area contributed by atoms with Gasteiger partial charge in [0.2, 0.25) is 0 Å². The van der Waals surface area contributed by atoms with Crippen LogP contribution in [0.5, 0.6) is 0 Å². The van der Waals surface area contributed by atoms with Gasteiger partial charge in [0.1, 0.15) is 12.1 Å². The third kappa shape index (κ3) is 3.66. The van der Waals surface area contributed by atoms with E-state index in [2.05, 4.69) is 0 Å². The van der Waals surface area contributed by atoms with Crippen LogP contribution < -0.4 is 0 Å². The summed E-state index contributed by atoms with van der Waals surface area (Å²) in [7, 11) is 0. The van der Waals surface area contributed by atoms with E-state index in [1.807, 2.05) is 25.1 Å². The highest BCUT2D eigenvalue weighted by molar-refractivity contribution is 5.80. The minimum absolute atomic E-state index is 0.276. The lowest BCUT2D eigenvalue weighted by atomic mass is 10.0. The highest BCUT2D eigenvalue weighted by atomic mass is 16.1. The Kier molecular flexibility index (Phi) is 4.75. The molecule has 0 radical (unpaired) electrons. The zero-order valence-electron chi connectivity index (χ0n) is 9.03. The van der Waals surface area contributed by atoms with Crippen LogP contribution in [0.25, 0.3) is 0 Å². The molecule has 0 saturated heterocycles. The summed E-state index contributed by atoms with van der Waals surface area (Å²) in [4.78, 5) is 22.0. The summed E-state index contributed by atoms with van der Waals surface area (Å²) in [5, 5.41) is 0. The molecule has 80 valence electrons. The topological polar surface area (TPSA) is 34.1 Å². The number of carbonyl (C=O) groups is 2. The number of aryl methyl sites for hydroxylation is 1. The van der Waals surface area contributed by atoms with Crippen LogP contribution in [0.2, 0.25) is 0 Å². The van der Waals surface area contributed by atoms with E-state index in [9.17, 15) is 9.59 Å². The Hall–Kier alpha value is -1.44. The van der Waals surface area contributed by atoms with E-state index >= 15 is 0 Å². The lowest BCUT2D eigenvalue weighted by Gasteiger charge is -2.03. The number of hydrogen-bond donors (Lipinski definition) is 0. The summed E-state index contributed by atoms with van der Waals surface area (Å²) in [5.41, 5.74) is 1.67. The molecule has 0 amide bonds. The minimum atomic E-state index is 0.276. The minimum Gasteiger partial charge on any atom is -0.300 e. The van der Waals surface area contributed by atoms with Crippen LogP contribution in [0, 0.1) is 0 Å². The zero-order chi connectivity index (χ0) is 11.1. The summed E-state index contributed by atoms with van der Waals surface area (Å²) < 4.78 is 0. The number of carbonyl (C=O) groups excluding carboxylic acids is 2. The number of benzene rings is 1. The molecule has 0 heterocycles. The number of rotatable bonds is 6. The molecular formula is C13H16O2. The molecule has 0 aliphatic rings. The maximum absolute atomic E-state index is 11.3. The first-order chi connectivity index (χ1) is 7.27. The van der Waals surface area contributed by atoms with Gasteiger partial charge in [0.05, 0.1) is 0 Å². The fraction of sp³-hybridized carbons (Fsp3) is 0.385. The van der Waals surface area contributed by atoms with Crippen molar-refractivity contribution in [3.05, 3.63) is 35.4 Å². The fourth-order valence-electron chi connectivity index (χ4n) is 1.55. The number of Topliss-reactive ketones (excluding diaryl/α,β-unsaturated/α-hetero) is 1. The van der Waals surface area contributed by atoms with Crippen LogP contribution in [-0.2, 0) is 11.2 Å². The molecule has 0 fully saturated rings. The summed E-state index contributed by atoms with van der Waals surface area (Å²) in [6.45, 7) is 2.00. The Morgan fingerprint density at radius 3 is 2.67 bits per heavy atom. The summed E-state index contributed by atoms with van der Waals surface area (Å²) in [6.07, 6.45) is 3.60. The van der Waals surface area contributed by atoms with Gasteiger partial charge in [0.15, 0.2) is 0 Å². The zero-order valence-corrected chi connectivity index (χ0v) is 9.03. The third-order valence-electron chi connectivity index (χ3n) is 2.38. The van der Waals surface area contributed by atoms with Gasteiger partial charge in [-0.15, -0.1) is 0 Å². The largest absolute Gasteiger partial charge is 0.300 e. The van der Waals surface area contributed by atoms with Crippen LogP contribution in [0.3, 0.4) is 0 Å². The van der Waals surface area contributed by atoms with Crippen molar-refractivity contribution in [1.29, 1.82) is 0 Å². The van der Waals surface area contributed by atoms with Crippen molar-refractivity contribution in [2.24, 2.45) is 0 Å². The SMILES string of the molecule is CCCC(=O)CCc1ccccc1C=O. The van der Waals surface area contributed by atoms with E-state index in [0.29, 0.717) is 24.8 Å². The van der Waals surface area contributed by atoms with Gasteiger partial charge < -0.3 is 0 Å². The van der Waals surface area contributed by atoms with E-state index < -0.39 is 0 Å². The Morgan fingerprint density at radius 2 is 2.00 bits per heavy atom. The van der Waals surface area contributed by atoms with E-state index in [4.69, 9.17) is 0 Å². The van der Waals surface area contributed by atoms with Crippen LogP contribution in [0.15, 0.2) is 24.3 Å². The predicted octanol–water partition coefficient (Wildman–Crippen LogP) is 2.80. The second-order valence-corrected chi connectivity index (χ2v) is 3.61. The average Bonchev–Trinajstić information content (AvgIpc) is 2.27. The molecule has 0 saturated carbocycles. The highest BCUT2D eigenvalue weighted by Crippen LogP contribution is 2.10. The summed E-state index contributed by atoms with van der Waals surface area (Å²) >= 11 is 0. The third-order valence-corrected chi connectivity index (χ3v) is 2.38. The van der Waals surface area contributed by atoms with E-state index in [1.54, 1.807) is 6.07 Å². The first-order valence-corrected chi connectivity index (χ1v) is 5.32. The molecular weight excluding hydrogens is 188 g/mol. The van der Waals surface area contributed by atoms with Crippen LogP contribution in [0.1, 0.15) is 42.1 Å². The Bertz CT molecular complexity index is 342. The van der Waals surface area contributed by atoms with E-state index in [1.165, 1.54) is 0 Å². The van der Waals surface area contributed by atoms with Crippen molar-refractivity contribution < 1.29 is 9.59 Å². The van der Waals surface area contributed by atoms with Crippen LogP contribution in [-0.4, -0.2) is 12.1 Å². The first-order valence-electron chi connectivity index (χ1n) is 5.32. The van der Waals surface area contributed by atoms with Crippen molar-refractivity contribution in [2.75, 3.05) is 0 Å². The van der Waals surface area contributed by atoms with Crippen molar-refractivity contribution in [3.8, 4) is 0 Å². The Balaban J connectivity index is 2.57. The standard InChI is InChI=1S/C13H16O2/c1-2-5-13(15)9-8-11-6-3-4-7-12(11)10-14/h3-4,6-7,10H,2,5,8-9H2,1H3. The molecule has 15 heavy (non-hydrogen) atoms. The monoisotopic (exact) mass is 204 g/mol. The maximum Gasteiger partial charge on any atom is 0.150 e. The number of ketones is 1. The van der Waals surface area contributed by atoms with Gasteiger partial charge in [0, 0.05) is 18.4 Å². The van der Waals surface area contributed by atoms with Gasteiger partial charge in [-0.1, -0.05) is 31.2 Å². The Morgan fingerprint density at radius 1 is 1.27 bits per heavy atom. The second-order valence-electron chi connectivity index (χ2n) is 3.61. The summed E-state index contributed by atoms with van der Waals surface area (Å²) in [6, 6.07) is 7.42. The van der Waals surface area contributed by atoms with Crippen molar-refractivity contribution in [1.82, 2.24) is 0 Å². The Labute approximate surface area is 90.3 Å². The molecule has 0 atom stereocenters. The highest BCUT2D eigenvalue weighted by Gasteiger charge is 2.04. The molecule has 0 aliphatic heterocycles. The van der Waals surface area contributed by atoms with Gasteiger partial charge >= 0.3 is 0 Å². The fourth-order valence-corrected chi connectivity index (χ4v) is 1.55. The van der Waals surface area contributed by atoms with Crippen LogP contribution in [0.4, 0.5) is 0 Å². The molecule has 1 rings (SSSR count). The lowest BCUT2D eigenvalue weighted by Crippen LogP contribution is -2.01. The van der Waals surface area contributed by atoms with E-state index in [-0.39, 0.29) is 5.78 Å². The van der Waals surface area contributed by atoms with Crippen molar-refractivity contribution in [2.45, 2.75) is 32.6 Å². The van der Waals surface area contributed by atoms with Crippen molar-refractivity contribution in [3.63, 3.8) is 0 Å².